The Morgan fingerprint density at radius 2 is 2.45 bits per heavy atom. The lowest BCUT2D eigenvalue weighted by Crippen LogP contribution is -2.00. The van der Waals surface area contributed by atoms with Crippen molar-refractivity contribution in [3.8, 4) is 0 Å². The fourth-order valence-electron chi connectivity index (χ4n) is 1.45. The van der Waals surface area contributed by atoms with Crippen molar-refractivity contribution in [2.24, 2.45) is 5.92 Å². The maximum Gasteiger partial charge on any atom is -0.0198 e. The average Bonchev–Trinajstić information content (AvgIpc) is 2.07. The molecule has 0 N–H and O–H groups in total. The molecule has 0 aromatic rings. The third kappa shape index (κ3) is 2.38. The van der Waals surface area contributed by atoms with Gasteiger partial charge in [0.2, 0.25) is 0 Å². The Bertz CT molecular complexity index is 184. The van der Waals surface area contributed by atoms with Crippen LogP contribution in [0, 0.1) is 5.92 Å². The molecule has 0 saturated carbocycles. The lowest BCUT2D eigenvalue weighted by atomic mass is 9.90. The van der Waals surface area contributed by atoms with Crippen molar-refractivity contribution >= 4 is 0 Å². The minimum absolute atomic E-state index is 0.726. The van der Waals surface area contributed by atoms with E-state index >= 15 is 0 Å². The molecule has 0 bridgehead atoms. The second kappa shape index (κ2) is 4.17. The molecule has 0 aliphatic heterocycles. The molecule has 1 unspecified atom stereocenters. The Morgan fingerprint density at radius 3 is 2.91 bits per heavy atom. The third-order valence-electron chi connectivity index (χ3n) is 2.20. The smallest absolute Gasteiger partial charge is 0.0198 e. The molecule has 0 spiro atoms. The zero-order valence-corrected chi connectivity index (χ0v) is 7.22. The van der Waals surface area contributed by atoms with Crippen LogP contribution in [-0.4, -0.2) is 0 Å². The van der Waals surface area contributed by atoms with Crippen molar-refractivity contribution in [1.82, 2.24) is 0 Å². The van der Waals surface area contributed by atoms with Gasteiger partial charge >= 0.3 is 0 Å². The predicted molar refractivity (Wildman–Crippen MR) is 50.4 cm³/mol. The molecule has 0 fully saturated rings. The molecule has 0 aromatic carbocycles. The fourth-order valence-corrected chi connectivity index (χ4v) is 1.45. The first-order valence-electron chi connectivity index (χ1n) is 4.31. The van der Waals surface area contributed by atoms with E-state index in [4.69, 9.17) is 0 Å². The standard InChI is InChI=1S/C11H16/c1-3-5-11-8-6-10(4-2)7-9-11/h3-5,8,10H,2,6-7,9H2,1H3. The van der Waals surface area contributed by atoms with Crippen LogP contribution in [0.4, 0.5) is 0 Å². The summed E-state index contributed by atoms with van der Waals surface area (Å²) in [5.41, 5.74) is 1.49. The second-order valence-corrected chi connectivity index (χ2v) is 3.05. The molecule has 60 valence electrons. The van der Waals surface area contributed by atoms with Gasteiger partial charge in [0, 0.05) is 0 Å². The van der Waals surface area contributed by atoms with E-state index in [1.807, 2.05) is 0 Å². The topological polar surface area (TPSA) is 0 Å². The first-order chi connectivity index (χ1) is 5.36. The maximum absolute atomic E-state index is 3.81. The molecule has 1 atom stereocenters. The van der Waals surface area contributed by atoms with Crippen molar-refractivity contribution < 1.29 is 0 Å². The molecule has 0 nitrogen and oxygen atoms in total. The Morgan fingerprint density at radius 1 is 1.64 bits per heavy atom. The largest absolute Gasteiger partial charge is 0.103 e. The van der Waals surface area contributed by atoms with E-state index in [1.54, 1.807) is 0 Å². The zero-order valence-electron chi connectivity index (χ0n) is 7.22. The van der Waals surface area contributed by atoms with Gasteiger partial charge in [-0.05, 0) is 32.1 Å². The molecule has 1 rings (SSSR count). The van der Waals surface area contributed by atoms with Crippen molar-refractivity contribution in [2.45, 2.75) is 26.2 Å². The number of allylic oxidation sites excluding steroid dienone is 5. The summed E-state index contributed by atoms with van der Waals surface area (Å²) in [6.07, 6.45) is 12.4. The molecule has 11 heavy (non-hydrogen) atoms. The second-order valence-electron chi connectivity index (χ2n) is 3.05. The van der Waals surface area contributed by atoms with Crippen molar-refractivity contribution in [1.29, 1.82) is 0 Å². The quantitative estimate of drug-likeness (QED) is 0.526. The lowest BCUT2D eigenvalue weighted by Gasteiger charge is -2.16. The predicted octanol–water partition coefficient (Wildman–Crippen LogP) is 3.48. The van der Waals surface area contributed by atoms with E-state index in [0.29, 0.717) is 0 Å². The van der Waals surface area contributed by atoms with Gasteiger partial charge < -0.3 is 0 Å². The Balaban J connectivity index is 2.49. The molecule has 0 amide bonds. The van der Waals surface area contributed by atoms with Gasteiger partial charge in [0.15, 0.2) is 0 Å². The Kier molecular flexibility index (Phi) is 3.15. The minimum atomic E-state index is 0.726. The molecule has 0 aromatic heterocycles. The number of hydrogen-bond donors (Lipinski definition) is 0. The average molecular weight is 148 g/mol. The first-order valence-corrected chi connectivity index (χ1v) is 4.31. The van der Waals surface area contributed by atoms with Crippen LogP contribution in [0.1, 0.15) is 26.2 Å². The van der Waals surface area contributed by atoms with Gasteiger partial charge in [0.05, 0.1) is 0 Å². The van der Waals surface area contributed by atoms with Gasteiger partial charge in [-0.15, -0.1) is 6.58 Å². The van der Waals surface area contributed by atoms with E-state index in [-0.39, 0.29) is 0 Å². The van der Waals surface area contributed by atoms with Crippen LogP contribution in [0.15, 0.2) is 36.5 Å². The molecular weight excluding hydrogens is 132 g/mol. The lowest BCUT2D eigenvalue weighted by molar-refractivity contribution is 0.574. The summed E-state index contributed by atoms with van der Waals surface area (Å²) in [7, 11) is 0. The normalized spacial score (nSPS) is 25.2. The van der Waals surface area contributed by atoms with E-state index in [0.717, 1.165) is 5.92 Å². The van der Waals surface area contributed by atoms with Gasteiger partial charge in [-0.3, -0.25) is 0 Å². The SMILES string of the molecule is C=CC1CC=C(C=CC)CC1. The van der Waals surface area contributed by atoms with Crippen LogP contribution in [-0.2, 0) is 0 Å². The van der Waals surface area contributed by atoms with Gasteiger partial charge in [-0.25, -0.2) is 0 Å². The molecule has 0 heterocycles. The van der Waals surface area contributed by atoms with Crippen LogP contribution in [0.25, 0.3) is 0 Å². The van der Waals surface area contributed by atoms with Crippen LogP contribution in [0.5, 0.6) is 0 Å². The highest BCUT2D eigenvalue weighted by molar-refractivity contribution is 5.21. The van der Waals surface area contributed by atoms with Crippen molar-refractivity contribution in [2.75, 3.05) is 0 Å². The highest BCUT2D eigenvalue weighted by atomic mass is 14.1. The van der Waals surface area contributed by atoms with E-state index in [9.17, 15) is 0 Å². The minimum Gasteiger partial charge on any atom is -0.103 e. The summed E-state index contributed by atoms with van der Waals surface area (Å²) in [4.78, 5) is 0. The third-order valence-corrected chi connectivity index (χ3v) is 2.20. The monoisotopic (exact) mass is 148 g/mol. The highest BCUT2D eigenvalue weighted by Gasteiger charge is 2.08. The van der Waals surface area contributed by atoms with E-state index in [1.165, 1.54) is 24.8 Å². The molecule has 0 saturated heterocycles. The van der Waals surface area contributed by atoms with Crippen LogP contribution in [0.3, 0.4) is 0 Å². The molecule has 1 aliphatic rings. The number of rotatable bonds is 2. The summed E-state index contributed by atoms with van der Waals surface area (Å²) < 4.78 is 0. The zero-order chi connectivity index (χ0) is 8.10. The summed E-state index contributed by atoms with van der Waals surface area (Å²) in [5, 5.41) is 0. The van der Waals surface area contributed by atoms with Gasteiger partial charge in [-0.1, -0.05) is 29.9 Å². The highest BCUT2D eigenvalue weighted by Crippen LogP contribution is 2.24. The van der Waals surface area contributed by atoms with E-state index in [2.05, 4.69) is 37.8 Å². The molecular formula is C11H16. The summed E-state index contributed by atoms with van der Waals surface area (Å²) in [5.74, 6) is 0.726. The number of hydrogen-bond acceptors (Lipinski definition) is 0. The Hall–Kier alpha value is -0.780. The summed E-state index contributed by atoms with van der Waals surface area (Å²) in [6, 6.07) is 0. The molecule has 1 aliphatic carbocycles. The molecule has 0 heteroatoms. The van der Waals surface area contributed by atoms with Crippen molar-refractivity contribution in [3.05, 3.63) is 36.5 Å². The van der Waals surface area contributed by atoms with E-state index < -0.39 is 0 Å². The van der Waals surface area contributed by atoms with Crippen LogP contribution in [0.2, 0.25) is 0 Å². The summed E-state index contributed by atoms with van der Waals surface area (Å²) >= 11 is 0. The van der Waals surface area contributed by atoms with Gasteiger partial charge in [0.25, 0.3) is 0 Å². The summed E-state index contributed by atoms with van der Waals surface area (Å²) in [6.45, 7) is 5.88. The molecule has 0 radical (unpaired) electrons. The first kappa shape index (κ1) is 8.32. The fraction of sp³-hybridized carbons (Fsp3) is 0.455. The maximum atomic E-state index is 3.81. The van der Waals surface area contributed by atoms with Crippen molar-refractivity contribution in [3.63, 3.8) is 0 Å². The van der Waals surface area contributed by atoms with Gasteiger partial charge in [0.1, 0.15) is 0 Å². The van der Waals surface area contributed by atoms with Crippen LogP contribution < -0.4 is 0 Å². The van der Waals surface area contributed by atoms with Gasteiger partial charge in [-0.2, -0.15) is 0 Å². The van der Waals surface area contributed by atoms with Crippen LogP contribution >= 0.6 is 0 Å². The Labute approximate surface area is 69.3 Å².